The lowest BCUT2D eigenvalue weighted by Crippen LogP contribution is -2.25. The highest BCUT2D eigenvalue weighted by atomic mass is 35.5. The highest BCUT2D eigenvalue weighted by molar-refractivity contribution is 6.32. The number of methoxy groups -OCH3 is 1. The summed E-state index contributed by atoms with van der Waals surface area (Å²) in [5.74, 6) is 1.01. The van der Waals surface area contributed by atoms with Crippen LogP contribution in [0.25, 0.3) is 16.6 Å². The highest BCUT2D eigenvalue weighted by Crippen LogP contribution is 2.35. The van der Waals surface area contributed by atoms with Gasteiger partial charge in [0.25, 0.3) is 0 Å². The summed E-state index contributed by atoms with van der Waals surface area (Å²) in [6, 6.07) is 10.6. The quantitative estimate of drug-likeness (QED) is 0.465. The fraction of sp³-hybridized carbons (Fsp3) is 0.217. The van der Waals surface area contributed by atoms with Crippen LogP contribution in [0.4, 0.5) is 4.39 Å². The molecule has 0 amide bonds. The smallest absolute Gasteiger partial charge is 0.220 e. The van der Waals surface area contributed by atoms with E-state index in [2.05, 4.69) is 20.9 Å². The van der Waals surface area contributed by atoms with Gasteiger partial charge in [-0.15, -0.1) is 0 Å². The average Bonchev–Trinajstić information content (AvgIpc) is 3.07. The van der Waals surface area contributed by atoms with Crippen LogP contribution in [0.15, 0.2) is 55.1 Å². The predicted molar refractivity (Wildman–Crippen MR) is 116 cm³/mol. The molecule has 0 saturated carbocycles. The Hall–Kier alpha value is -3.16. The van der Waals surface area contributed by atoms with Gasteiger partial charge in [0.1, 0.15) is 24.5 Å². The molecule has 158 valence electrons. The molecule has 0 saturated heterocycles. The van der Waals surface area contributed by atoms with E-state index in [-0.39, 0.29) is 5.82 Å². The molecule has 1 aliphatic heterocycles. The van der Waals surface area contributed by atoms with Crippen molar-refractivity contribution >= 4 is 22.5 Å². The SMILES string of the molecule is COc1ncncc1CN1CCOc2c(Cl)cc(-n3ccc4cc(F)ccc43)cc2C1. The van der Waals surface area contributed by atoms with E-state index < -0.39 is 0 Å². The lowest BCUT2D eigenvalue weighted by atomic mass is 10.1. The fourth-order valence-electron chi connectivity index (χ4n) is 4.00. The summed E-state index contributed by atoms with van der Waals surface area (Å²) in [7, 11) is 1.60. The lowest BCUT2D eigenvalue weighted by Gasteiger charge is -2.20. The van der Waals surface area contributed by atoms with Crippen LogP contribution in [0.3, 0.4) is 0 Å². The maximum Gasteiger partial charge on any atom is 0.220 e. The Kier molecular flexibility index (Phi) is 5.21. The molecule has 0 spiro atoms. The van der Waals surface area contributed by atoms with Crippen LogP contribution in [0.2, 0.25) is 5.02 Å². The van der Waals surface area contributed by atoms with Crippen molar-refractivity contribution in [2.75, 3.05) is 20.3 Å². The topological polar surface area (TPSA) is 52.4 Å². The van der Waals surface area contributed by atoms with Crippen LogP contribution in [-0.2, 0) is 13.1 Å². The Morgan fingerprint density at radius 3 is 3.00 bits per heavy atom. The Morgan fingerprint density at radius 1 is 1.23 bits per heavy atom. The van der Waals surface area contributed by atoms with E-state index in [9.17, 15) is 4.39 Å². The van der Waals surface area contributed by atoms with Gasteiger partial charge in [0.05, 0.1) is 17.6 Å². The first kappa shape index (κ1) is 19.8. The Balaban J connectivity index is 1.50. The summed E-state index contributed by atoms with van der Waals surface area (Å²) < 4.78 is 26.9. The van der Waals surface area contributed by atoms with E-state index >= 15 is 0 Å². The minimum Gasteiger partial charge on any atom is -0.490 e. The molecule has 31 heavy (non-hydrogen) atoms. The summed E-state index contributed by atoms with van der Waals surface area (Å²) in [6.45, 7) is 2.52. The molecule has 5 rings (SSSR count). The van der Waals surface area contributed by atoms with Gasteiger partial charge < -0.3 is 14.0 Å². The third-order valence-corrected chi connectivity index (χ3v) is 5.70. The van der Waals surface area contributed by atoms with Crippen molar-refractivity contribution in [2.45, 2.75) is 13.1 Å². The van der Waals surface area contributed by atoms with Gasteiger partial charge in [-0.05, 0) is 36.4 Å². The van der Waals surface area contributed by atoms with Crippen molar-refractivity contribution in [3.63, 3.8) is 0 Å². The van der Waals surface area contributed by atoms with Crippen LogP contribution in [0.5, 0.6) is 11.6 Å². The first-order chi connectivity index (χ1) is 15.1. The van der Waals surface area contributed by atoms with Gasteiger partial charge >= 0.3 is 0 Å². The summed E-state index contributed by atoms with van der Waals surface area (Å²) in [5.41, 5.74) is 3.71. The van der Waals surface area contributed by atoms with Gasteiger partial charge in [0.15, 0.2) is 0 Å². The van der Waals surface area contributed by atoms with Crippen molar-refractivity contribution in [1.82, 2.24) is 19.4 Å². The van der Waals surface area contributed by atoms with Crippen molar-refractivity contribution in [2.24, 2.45) is 0 Å². The third-order valence-electron chi connectivity index (χ3n) is 5.42. The van der Waals surface area contributed by atoms with E-state index in [4.69, 9.17) is 21.1 Å². The number of aromatic nitrogens is 3. The number of halogens is 2. The number of rotatable bonds is 4. The minimum atomic E-state index is -0.255. The first-order valence-electron chi connectivity index (χ1n) is 9.90. The fourth-order valence-corrected chi connectivity index (χ4v) is 4.29. The van der Waals surface area contributed by atoms with E-state index in [1.54, 1.807) is 19.4 Å². The molecule has 0 unspecified atom stereocenters. The standard InChI is InChI=1S/C23H20ClFN4O2/c1-30-23-17(11-26-14-27-23)13-28-6-7-31-22-16(12-28)9-19(10-20(22)24)29-5-4-15-8-18(25)2-3-21(15)29/h2-5,8-11,14H,6-7,12-13H2,1H3. The second kappa shape index (κ2) is 8.17. The van der Waals surface area contributed by atoms with E-state index in [0.717, 1.165) is 34.3 Å². The van der Waals surface area contributed by atoms with Crippen LogP contribution in [-0.4, -0.2) is 39.7 Å². The maximum atomic E-state index is 13.6. The Morgan fingerprint density at radius 2 is 2.13 bits per heavy atom. The molecule has 1 aliphatic rings. The monoisotopic (exact) mass is 438 g/mol. The van der Waals surface area contributed by atoms with Gasteiger partial charge in [-0.2, -0.15) is 0 Å². The number of nitrogens with zero attached hydrogens (tertiary/aromatic N) is 4. The molecule has 4 aromatic rings. The highest BCUT2D eigenvalue weighted by Gasteiger charge is 2.21. The second-order valence-corrected chi connectivity index (χ2v) is 7.83. The molecule has 6 nitrogen and oxygen atoms in total. The zero-order chi connectivity index (χ0) is 21.4. The number of benzene rings is 2. The van der Waals surface area contributed by atoms with Gasteiger partial charge in [0.2, 0.25) is 5.88 Å². The number of ether oxygens (including phenoxy) is 2. The van der Waals surface area contributed by atoms with Crippen LogP contribution in [0, 0.1) is 5.82 Å². The number of hydrogen-bond donors (Lipinski definition) is 0. The summed E-state index contributed by atoms with van der Waals surface area (Å²) in [6.07, 6.45) is 5.17. The van der Waals surface area contributed by atoms with Gasteiger partial charge in [-0.25, -0.2) is 14.4 Å². The number of hydrogen-bond acceptors (Lipinski definition) is 5. The number of fused-ring (bicyclic) bond motifs is 2. The molecular formula is C23H20ClFN4O2. The third kappa shape index (κ3) is 3.82. The second-order valence-electron chi connectivity index (χ2n) is 7.42. The molecule has 0 N–H and O–H groups in total. The summed E-state index contributed by atoms with van der Waals surface area (Å²) in [4.78, 5) is 10.6. The summed E-state index contributed by atoms with van der Waals surface area (Å²) in [5, 5.41) is 1.39. The molecule has 0 bridgehead atoms. The maximum absolute atomic E-state index is 13.6. The van der Waals surface area contributed by atoms with Crippen molar-refractivity contribution < 1.29 is 13.9 Å². The van der Waals surface area contributed by atoms with Gasteiger partial charge in [-0.1, -0.05) is 11.6 Å². The molecule has 0 aliphatic carbocycles. The molecule has 0 atom stereocenters. The molecule has 2 aromatic carbocycles. The molecule has 0 fully saturated rings. The lowest BCUT2D eigenvalue weighted by molar-refractivity contribution is 0.216. The van der Waals surface area contributed by atoms with Crippen LogP contribution >= 0.6 is 11.6 Å². The Bertz CT molecular complexity index is 1260. The largest absolute Gasteiger partial charge is 0.490 e. The zero-order valence-corrected chi connectivity index (χ0v) is 17.6. The summed E-state index contributed by atoms with van der Waals surface area (Å²) >= 11 is 6.61. The van der Waals surface area contributed by atoms with Gasteiger partial charge in [0, 0.05) is 54.2 Å². The zero-order valence-electron chi connectivity index (χ0n) is 16.9. The van der Waals surface area contributed by atoms with E-state index in [1.807, 2.05) is 22.9 Å². The molecule has 0 radical (unpaired) electrons. The molecule has 8 heteroatoms. The normalized spacial score (nSPS) is 14.2. The van der Waals surface area contributed by atoms with Crippen molar-refractivity contribution in [3.05, 3.63) is 77.1 Å². The van der Waals surface area contributed by atoms with E-state index in [0.29, 0.717) is 36.3 Å². The van der Waals surface area contributed by atoms with Gasteiger partial charge in [-0.3, -0.25) is 4.90 Å². The van der Waals surface area contributed by atoms with Crippen LogP contribution in [0.1, 0.15) is 11.1 Å². The van der Waals surface area contributed by atoms with Crippen LogP contribution < -0.4 is 9.47 Å². The van der Waals surface area contributed by atoms with Crippen molar-refractivity contribution in [3.8, 4) is 17.3 Å². The first-order valence-corrected chi connectivity index (χ1v) is 10.3. The van der Waals surface area contributed by atoms with Crippen molar-refractivity contribution in [1.29, 1.82) is 0 Å². The van der Waals surface area contributed by atoms with E-state index in [1.165, 1.54) is 18.5 Å². The predicted octanol–water partition coefficient (Wildman–Crippen LogP) is 4.62. The molecular weight excluding hydrogens is 419 g/mol. The minimum absolute atomic E-state index is 0.255. The molecule has 2 aromatic heterocycles. The Labute approximate surface area is 183 Å². The average molecular weight is 439 g/mol. The molecule has 3 heterocycles.